The van der Waals surface area contributed by atoms with Crippen LogP contribution in [0.1, 0.15) is 30.6 Å². The third kappa shape index (κ3) is 2.36. The standard InChI is InChI=1S/C11H18N2O/c12-7-10-6-11(14-9-10)8-13-4-2-1-3-5-13/h6,9H,1-5,7-8,12H2. The van der Waals surface area contributed by atoms with Crippen molar-refractivity contribution in [3.63, 3.8) is 0 Å². The molecule has 0 radical (unpaired) electrons. The molecule has 0 saturated carbocycles. The van der Waals surface area contributed by atoms with Gasteiger partial charge >= 0.3 is 0 Å². The zero-order valence-corrected chi connectivity index (χ0v) is 8.54. The van der Waals surface area contributed by atoms with Gasteiger partial charge in [-0.1, -0.05) is 6.42 Å². The second-order valence-electron chi connectivity index (χ2n) is 3.96. The van der Waals surface area contributed by atoms with E-state index in [4.69, 9.17) is 10.2 Å². The molecule has 78 valence electrons. The van der Waals surface area contributed by atoms with Crippen LogP contribution in [-0.2, 0) is 13.1 Å². The van der Waals surface area contributed by atoms with E-state index in [0.717, 1.165) is 17.9 Å². The van der Waals surface area contributed by atoms with Crippen molar-refractivity contribution >= 4 is 0 Å². The summed E-state index contributed by atoms with van der Waals surface area (Å²) in [6, 6.07) is 2.06. The molecule has 3 heteroatoms. The molecule has 0 bridgehead atoms. The Morgan fingerprint density at radius 3 is 2.71 bits per heavy atom. The van der Waals surface area contributed by atoms with Crippen LogP contribution in [0.2, 0.25) is 0 Å². The number of likely N-dealkylation sites (tertiary alicyclic amines) is 1. The van der Waals surface area contributed by atoms with Crippen molar-refractivity contribution in [1.29, 1.82) is 0 Å². The fraction of sp³-hybridized carbons (Fsp3) is 0.636. The van der Waals surface area contributed by atoms with E-state index in [1.54, 1.807) is 6.26 Å². The molecule has 2 rings (SSSR count). The van der Waals surface area contributed by atoms with E-state index in [-0.39, 0.29) is 0 Å². The first kappa shape index (κ1) is 9.74. The van der Waals surface area contributed by atoms with Gasteiger partial charge in [0.05, 0.1) is 12.8 Å². The van der Waals surface area contributed by atoms with Crippen LogP contribution in [0, 0.1) is 0 Å². The molecule has 0 unspecified atom stereocenters. The number of piperidine rings is 1. The Bertz CT molecular complexity index is 277. The lowest BCUT2D eigenvalue weighted by molar-refractivity contribution is 0.205. The Hall–Kier alpha value is -0.800. The zero-order chi connectivity index (χ0) is 9.80. The SMILES string of the molecule is NCc1coc(CN2CCCCC2)c1. The molecule has 0 aromatic carbocycles. The molecule has 2 N–H and O–H groups in total. The van der Waals surface area contributed by atoms with Gasteiger partial charge in [0.1, 0.15) is 5.76 Å². The highest BCUT2D eigenvalue weighted by Gasteiger charge is 2.12. The van der Waals surface area contributed by atoms with Crippen molar-refractivity contribution in [2.45, 2.75) is 32.4 Å². The van der Waals surface area contributed by atoms with Crippen LogP contribution in [0.25, 0.3) is 0 Å². The summed E-state index contributed by atoms with van der Waals surface area (Å²) in [5.74, 6) is 1.05. The third-order valence-electron chi connectivity index (χ3n) is 2.77. The van der Waals surface area contributed by atoms with Crippen molar-refractivity contribution in [3.8, 4) is 0 Å². The van der Waals surface area contributed by atoms with E-state index in [2.05, 4.69) is 11.0 Å². The molecule has 1 aliphatic heterocycles. The molecule has 1 aromatic rings. The maximum Gasteiger partial charge on any atom is 0.118 e. The first-order chi connectivity index (χ1) is 6.88. The van der Waals surface area contributed by atoms with Crippen LogP contribution < -0.4 is 5.73 Å². The third-order valence-corrected chi connectivity index (χ3v) is 2.77. The lowest BCUT2D eigenvalue weighted by atomic mass is 10.1. The van der Waals surface area contributed by atoms with E-state index in [1.165, 1.54) is 32.4 Å². The maximum absolute atomic E-state index is 5.52. The minimum Gasteiger partial charge on any atom is -0.468 e. The second kappa shape index (κ2) is 4.62. The number of nitrogens with two attached hydrogens (primary N) is 1. The van der Waals surface area contributed by atoms with E-state index in [9.17, 15) is 0 Å². The predicted molar refractivity (Wildman–Crippen MR) is 55.7 cm³/mol. The number of hydrogen-bond acceptors (Lipinski definition) is 3. The van der Waals surface area contributed by atoms with Crippen LogP contribution in [0.4, 0.5) is 0 Å². The van der Waals surface area contributed by atoms with E-state index in [0.29, 0.717) is 6.54 Å². The average Bonchev–Trinajstić information content (AvgIpc) is 2.67. The minimum atomic E-state index is 0.573. The lowest BCUT2D eigenvalue weighted by Crippen LogP contribution is -2.28. The molecule has 14 heavy (non-hydrogen) atoms. The predicted octanol–water partition coefficient (Wildman–Crippen LogP) is 1.72. The molecule has 1 aromatic heterocycles. The van der Waals surface area contributed by atoms with Gasteiger partial charge in [-0.2, -0.15) is 0 Å². The topological polar surface area (TPSA) is 42.4 Å². The molecule has 0 aliphatic carbocycles. The average molecular weight is 194 g/mol. The Kier molecular flexibility index (Phi) is 3.22. The molecule has 0 spiro atoms. The molecule has 1 saturated heterocycles. The first-order valence-corrected chi connectivity index (χ1v) is 5.37. The minimum absolute atomic E-state index is 0.573. The van der Waals surface area contributed by atoms with Gasteiger partial charge in [-0.15, -0.1) is 0 Å². The number of rotatable bonds is 3. The van der Waals surface area contributed by atoms with Gasteiger partial charge < -0.3 is 10.2 Å². The quantitative estimate of drug-likeness (QED) is 0.796. The molecule has 2 heterocycles. The molecular weight excluding hydrogens is 176 g/mol. The number of hydrogen-bond donors (Lipinski definition) is 1. The summed E-state index contributed by atoms with van der Waals surface area (Å²) in [5, 5.41) is 0. The lowest BCUT2D eigenvalue weighted by Gasteiger charge is -2.25. The van der Waals surface area contributed by atoms with Crippen LogP contribution >= 0.6 is 0 Å². The number of furan rings is 1. The Morgan fingerprint density at radius 1 is 1.29 bits per heavy atom. The Morgan fingerprint density at radius 2 is 2.07 bits per heavy atom. The molecule has 3 nitrogen and oxygen atoms in total. The summed E-state index contributed by atoms with van der Waals surface area (Å²) in [6.45, 7) is 3.93. The van der Waals surface area contributed by atoms with Gasteiger partial charge in [-0.05, 0) is 32.0 Å². The van der Waals surface area contributed by atoms with Crippen molar-refractivity contribution in [2.24, 2.45) is 5.73 Å². The van der Waals surface area contributed by atoms with Gasteiger partial charge in [-0.3, -0.25) is 4.90 Å². The van der Waals surface area contributed by atoms with E-state index in [1.807, 2.05) is 0 Å². The van der Waals surface area contributed by atoms with Crippen molar-refractivity contribution < 1.29 is 4.42 Å². The van der Waals surface area contributed by atoms with Crippen molar-refractivity contribution in [3.05, 3.63) is 23.7 Å². The normalized spacial score (nSPS) is 18.6. The first-order valence-electron chi connectivity index (χ1n) is 5.37. The van der Waals surface area contributed by atoms with Gasteiger partial charge in [0, 0.05) is 12.1 Å². The summed E-state index contributed by atoms with van der Waals surface area (Å²) in [4.78, 5) is 2.45. The van der Waals surface area contributed by atoms with Crippen LogP contribution in [0.15, 0.2) is 16.7 Å². The highest BCUT2D eigenvalue weighted by molar-refractivity contribution is 5.12. The fourth-order valence-corrected chi connectivity index (χ4v) is 1.95. The summed E-state index contributed by atoms with van der Waals surface area (Å²) < 4.78 is 5.44. The smallest absolute Gasteiger partial charge is 0.118 e. The van der Waals surface area contributed by atoms with E-state index >= 15 is 0 Å². The largest absolute Gasteiger partial charge is 0.468 e. The zero-order valence-electron chi connectivity index (χ0n) is 8.54. The molecular formula is C11H18N2O. The summed E-state index contributed by atoms with van der Waals surface area (Å²) >= 11 is 0. The highest BCUT2D eigenvalue weighted by atomic mass is 16.3. The van der Waals surface area contributed by atoms with Crippen LogP contribution in [0.3, 0.4) is 0 Å². The summed E-state index contributed by atoms with van der Waals surface area (Å²) in [7, 11) is 0. The van der Waals surface area contributed by atoms with E-state index < -0.39 is 0 Å². The van der Waals surface area contributed by atoms with Crippen molar-refractivity contribution in [1.82, 2.24) is 4.90 Å². The second-order valence-corrected chi connectivity index (χ2v) is 3.96. The van der Waals surface area contributed by atoms with Crippen LogP contribution in [-0.4, -0.2) is 18.0 Å². The Balaban J connectivity index is 1.89. The summed E-state index contributed by atoms with van der Waals surface area (Å²) in [6.07, 6.45) is 5.79. The summed E-state index contributed by atoms with van der Waals surface area (Å²) in [5.41, 5.74) is 6.62. The molecule has 1 fully saturated rings. The van der Waals surface area contributed by atoms with Gasteiger partial charge in [0.2, 0.25) is 0 Å². The van der Waals surface area contributed by atoms with Gasteiger partial charge in [-0.25, -0.2) is 0 Å². The molecule has 0 atom stereocenters. The number of nitrogens with zero attached hydrogens (tertiary/aromatic N) is 1. The fourth-order valence-electron chi connectivity index (χ4n) is 1.95. The maximum atomic E-state index is 5.52. The van der Waals surface area contributed by atoms with Gasteiger partial charge in [0.15, 0.2) is 0 Å². The molecule has 1 aliphatic rings. The highest BCUT2D eigenvalue weighted by Crippen LogP contribution is 2.14. The van der Waals surface area contributed by atoms with Crippen molar-refractivity contribution in [2.75, 3.05) is 13.1 Å². The monoisotopic (exact) mass is 194 g/mol. The Labute approximate surface area is 84.9 Å². The van der Waals surface area contributed by atoms with Gasteiger partial charge in [0.25, 0.3) is 0 Å². The van der Waals surface area contributed by atoms with Crippen LogP contribution in [0.5, 0.6) is 0 Å². The molecule has 0 amide bonds.